The number of rotatable bonds is 5. The summed E-state index contributed by atoms with van der Waals surface area (Å²) in [6.45, 7) is 2.90. The van der Waals surface area contributed by atoms with E-state index < -0.39 is 5.97 Å². The molecular formula is C14H16N2O3. The number of benzene rings is 1. The maximum Gasteiger partial charge on any atom is 0.337 e. The van der Waals surface area contributed by atoms with Crippen molar-refractivity contribution in [3.63, 3.8) is 0 Å². The third-order valence-corrected chi connectivity index (χ3v) is 2.80. The lowest BCUT2D eigenvalue weighted by atomic mass is 10.1. The second-order valence-electron chi connectivity index (χ2n) is 4.20. The first-order valence-corrected chi connectivity index (χ1v) is 6.10. The quantitative estimate of drug-likeness (QED) is 0.865. The number of fused-ring (bicyclic) bond motifs is 1. The lowest BCUT2D eigenvalue weighted by Crippen LogP contribution is -2.03. The van der Waals surface area contributed by atoms with Gasteiger partial charge in [0.15, 0.2) is 0 Å². The highest BCUT2D eigenvalue weighted by atomic mass is 16.5. The largest absolute Gasteiger partial charge is 0.497 e. The number of aromatic carboxylic acids is 1. The van der Waals surface area contributed by atoms with Crippen LogP contribution >= 0.6 is 0 Å². The Morgan fingerprint density at radius 2 is 2.21 bits per heavy atom. The summed E-state index contributed by atoms with van der Waals surface area (Å²) in [6, 6.07) is 5.25. The number of ether oxygens (including phenoxy) is 1. The van der Waals surface area contributed by atoms with E-state index >= 15 is 0 Å². The number of anilines is 1. The Morgan fingerprint density at radius 3 is 2.84 bits per heavy atom. The van der Waals surface area contributed by atoms with Crippen LogP contribution in [0.25, 0.3) is 10.9 Å². The van der Waals surface area contributed by atoms with Gasteiger partial charge in [0.05, 0.1) is 23.9 Å². The summed E-state index contributed by atoms with van der Waals surface area (Å²) in [5.41, 5.74) is 1.77. The zero-order chi connectivity index (χ0) is 13.8. The Morgan fingerprint density at radius 1 is 1.42 bits per heavy atom. The van der Waals surface area contributed by atoms with Gasteiger partial charge in [0.1, 0.15) is 5.75 Å². The highest BCUT2D eigenvalue weighted by Crippen LogP contribution is 2.28. The van der Waals surface area contributed by atoms with E-state index in [4.69, 9.17) is 9.84 Å². The molecule has 2 aromatic rings. The van der Waals surface area contributed by atoms with Crippen LogP contribution in [0.15, 0.2) is 24.4 Å². The van der Waals surface area contributed by atoms with Crippen LogP contribution in [0.2, 0.25) is 0 Å². The third-order valence-electron chi connectivity index (χ3n) is 2.80. The van der Waals surface area contributed by atoms with Crippen molar-refractivity contribution in [2.45, 2.75) is 13.3 Å². The van der Waals surface area contributed by atoms with Gasteiger partial charge >= 0.3 is 5.97 Å². The van der Waals surface area contributed by atoms with E-state index in [0.29, 0.717) is 5.75 Å². The Balaban J connectivity index is 2.57. The minimum Gasteiger partial charge on any atom is -0.497 e. The molecule has 1 aromatic carbocycles. The Kier molecular flexibility index (Phi) is 3.85. The van der Waals surface area contributed by atoms with Crippen LogP contribution < -0.4 is 10.1 Å². The van der Waals surface area contributed by atoms with Gasteiger partial charge < -0.3 is 15.2 Å². The molecule has 0 bridgehead atoms. The van der Waals surface area contributed by atoms with Crippen LogP contribution in [0.3, 0.4) is 0 Å². The standard InChI is InChI=1S/C14H16N2O3/c1-3-4-15-12-7-11(19-2)6-9-5-10(14(17)18)8-16-13(9)12/h5-8,15H,3-4H2,1-2H3,(H,17,18). The molecule has 0 amide bonds. The minimum atomic E-state index is -0.986. The molecule has 0 aliphatic heterocycles. The maximum atomic E-state index is 11.0. The summed E-state index contributed by atoms with van der Waals surface area (Å²) in [5, 5.41) is 13.0. The van der Waals surface area contributed by atoms with Crippen LogP contribution in [-0.4, -0.2) is 29.7 Å². The zero-order valence-electron chi connectivity index (χ0n) is 10.9. The first-order valence-electron chi connectivity index (χ1n) is 6.10. The smallest absolute Gasteiger partial charge is 0.337 e. The summed E-state index contributed by atoms with van der Waals surface area (Å²) < 4.78 is 5.23. The van der Waals surface area contributed by atoms with E-state index in [1.807, 2.05) is 6.07 Å². The van der Waals surface area contributed by atoms with E-state index in [2.05, 4.69) is 17.2 Å². The number of carboxylic acids is 1. The molecule has 5 heteroatoms. The molecule has 0 atom stereocenters. The van der Waals surface area contributed by atoms with Gasteiger partial charge in [-0.25, -0.2) is 4.79 Å². The van der Waals surface area contributed by atoms with E-state index in [9.17, 15) is 4.79 Å². The number of hydrogen-bond acceptors (Lipinski definition) is 4. The number of carbonyl (C=O) groups is 1. The Labute approximate surface area is 111 Å². The van der Waals surface area contributed by atoms with Gasteiger partial charge in [-0.1, -0.05) is 6.92 Å². The molecule has 2 rings (SSSR count). The molecule has 1 aromatic heterocycles. The van der Waals surface area contributed by atoms with Gasteiger partial charge in [-0.3, -0.25) is 4.98 Å². The predicted molar refractivity (Wildman–Crippen MR) is 74.0 cm³/mol. The third kappa shape index (κ3) is 2.76. The highest BCUT2D eigenvalue weighted by molar-refractivity contribution is 5.97. The van der Waals surface area contributed by atoms with Crippen molar-refractivity contribution in [2.24, 2.45) is 0 Å². The topological polar surface area (TPSA) is 71.5 Å². The molecule has 2 N–H and O–H groups in total. The lowest BCUT2D eigenvalue weighted by molar-refractivity contribution is 0.0696. The first-order chi connectivity index (χ1) is 9.15. The van der Waals surface area contributed by atoms with E-state index in [-0.39, 0.29) is 5.56 Å². The zero-order valence-corrected chi connectivity index (χ0v) is 10.9. The molecular weight excluding hydrogens is 244 g/mol. The number of nitrogens with one attached hydrogen (secondary N) is 1. The SMILES string of the molecule is CCCNc1cc(OC)cc2cc(C(=O)O)cnc12. The molecule has 5 nitrogen and oxygen atoms in total. The first kappa shape index (κ1) is 13.1. The molecule has 19 heavy (non-hydrogen) atoms. The fourth-order valence-corrected chi connectivity index (χ4v) is 1.85. The van der Waals surface area contributed by atoms with E-state index in [1.165, 1.54) is 6.20 Å². The minimum absolute atomic E-state index is 0.169. The number of methoxy groups -OCH3 is 1. The van der Waals surface area contributed by atoms with Crippen molar-refractivity contribution in [3.05, 3.63) is 30.0 Å². The monoisotopic (exact) mass is 260 g/mol. The van der Waals surface area contributed by atoms with Crippen molar-refractivity contribution < 1.29 is 14.6 Å². The second kappa shape index (κ2) is 5.56. The highest BCUT2D eigenvalue weighted by Gasteiger charge is 2.09. The van der Waals surface area contributed by atoms with Crippen molar-refractivity contribution in [1.29, 1.82) is 0 Å². The summed E-state index contributed by atoms with van der Waals surface area (Å²) in [5.74, 6) is -0.310. The predicted octanol–water partition coefficient (Wildman–Crippen LogP) is 2.76. The lowest BCUT2D eigenvalue weighted by Gasteiger charge is -2.11. The Hall–Kier alpha value is -2.30. The number of nitrogens with zero attached hydrogens (tertiary/aromatic N) is 1. The fourth-order valence-electron chi connectivity index (χ4n) is 1.85. The van der Waals surface area contributed by atoms with E-state index in [1.54, 1.807) is 19.2 Å². The number of pyridine rings is 1. The van der Waals surface area contributed by atoms with Gasteiger partial charge in [-0.15, -0.1) is 0 Å². The normalized spacial score (nSPS) is 10.4. The van der Waals surface area contributed by atoms with Crippen LogP contribution in [-0.2, 0) is 0 Å². The van der Waals surface area contributed by atoms with Crippen LogP contribution in [0.1, 0.15) is 23.7 Å². The van der Waals surface area contributed by atoms with Gasteiger partial charge in [0.2, 0.25) is 0 Å². The molecule has 0 radical (unpaired) electrons. The molecule has 1 heterocycles. The van der Waals surface area contributed by atoms with Gasteiger partial charge in [-0.05, 0) is 18.6 Å². The summed E-state index contributed by atoms with van der Waals surface area (Å²) >= 11 is 0. The van der Waals surface area contributed by atoms with Gasteiger partial charge in [0, 0.05) is 24.2 Å². The van der Waals surface area contributed by atoms with Crippen molar-refractivity contribution in [1.82, 2.24) is 4.98 Å². The Bertz CT molecular complexity index is 611. The molecule has 0 aliphatic carbocycles. The molecule has 100 valence electrons. The van der Waals surface area contributed by atoms with Gasteiger partial charge in [-0.2, -0.15) is 0 Å². The molecule has 0 fully saturated rings. The number of aromatic nitrogens is 1. The number of carboxylic acid groups (broad SMARTS) is 1. The average molecular weight is 260 g/mol. The summed E-state index contributed by atoms with van der Waals surface area (Å²) in [6.07, 6.45) is 2.36. The molecule has 0 unspecified atom stereocenters. The average Bonchev–Trinajstić information content (AvgIpc) is 2.43. The summed E-state index contributed by atoms with van der Waals surface area (Å²) in [4.78, 5) is 15.2. The maximum absolute atomic E-state index is 11.0. The fraction of sp³-hybridized carbons (Fsp3) is 0.286. The molecule has 0 saturated heterocycles. The summed E-state index contributed by atoms with van der Waals surface area (Å²) in [7, 11) is 1.58. The van der Waals surface area contributed by atoms with Crippen molar-refractivity contribution in [2.75, 3.05) is 19.0 Å². The van der Waals surface area contributed by atoms with E-state index in [0.717, 1.165) is 29.6 Å². The van der Waals surface area contributed by atoms with Crippen LogP contribution in [0.4, 0.5) is 5.69 Å². The van der Waals surface area contributed by atoms with Crippen LogP contribution in [0, 0.1) is 0 Å². The molecule has 0 aliphatic rings. The van der Waals surface area contributed by atoms with Crippen molar-refractivity contribution in [3.8, 4) is 5.75 Å². The van der Waals surface area contributed by atoms with Gasteiger partial charge in [0.25, 0.3) is 0 Å². The molecule has 0 saturated carbocycles. The van der Waals surface area contributed by atoms with Crippen LogP contribution in [0.5, 0.6) is 5.75 Å². The number of hydrogen-bond donors (Lipinski definition) is 2. The van der Waals surface area contributed by atoms with Crippen molar-refractivity contribution >= 4 is 22.6 Å². The molecule has 0 spiro atoms. The second-order valence-corrected chi connectivity index (χ2v) is 4.20.